The van der Waals surface area contributed by atoms with Crippen molar-refractivity contribution in [2.45, 2.75) is 24.6 Å². The number of hydrogen-bond donors (Lipinski definition) is 2. The van der Waals surface area contributed by atoms with Crippen molar-refractivity contribution in [1.82, 2.24) is 4.90 Å². The smallest absolute Gasteiger partial charge is 0.408 e. The van der Waals surface area contributed by atoms with Gasteiger partial charge in [-0.1, -0.05) is 6.08 Å². The van der Waals surface area contributed by atoms with Crippen molar-refractivity contribution in [2.75, 3.05) is 6.54 Å². The van der Waals surface area contributed by atoms with Crippen LogP contribution in [0.1, 0.15) is 12.8 Å². The minimum atomic E-state index is -1.69. The van der Waals surface area contributed by atoms with Gasteiger partial charge in [0.1, 0.15) is 11.7 Å². The third-order valence-electron chi connectivity index (χ3n) is 2.57. The van der Waals surface area contributed by atoms with Crippen LogP contribution in [0, 0.1) is 0 Å². The number of likely N-dealkylation sites (tertiary alicyclic amines) is 1. The van der Waals surface area contributed by atoms with Crippen molar-refractivity contribution in [2.24, 2.45) is 0 Å². The lowest BCUT2D eigenvalue weighted by Gasteiger charge is -2.31. The fourth-order valence-electron chi connectivity index (χ4n) is 1.90. The second-order valence-electron chi connectivity index (χ2n) is 3.52. The number of alkyl halides is 1. The van der Waals surface area contributed by atoms with Crippen molar-refractivity contribution >= 4 is 12.1 Å². The SMILES string of the molecule is C=CC[C@@]1(C(=O)O)C[C@@H](F)CN1C(=O)O. The van der Waals surface area contributed by atoms with E-state index in [1.165, 1.54) is 6.08 Å². The van der Waals surface area contributed by atoms with Crippen LogP contribution in [0.2, 0.25) is 0 Å². The molecule has 1 amide bonds. The number of nitrogens with zero attached hydrogens (tertiary/aromatic N) is 1. The molecule has 0 radical (unpaired) electrons. The van der Waals surface area contributed by atoms with Gasteiger partial charge in [0, 0.05) is 6.42 Å². The second-order valence-corrected chi connectivity index (χ2v) is 3.52. The summed E-state index contributed by atoms with van der Waals surface area (Å²) >= 11 is 0. The summed E-state index contributed by atoms with van der Waals surface area (Å²) in [6, 6.07) is 0. The van der Waals surface area contributed by atoms with Crippen LogP contribution in [0.5, 0.6) is 0 Å². The molecule has 2 atom stereocenters. The summed E-state index contributed by atoms with van der Waals surface area (Å²) in [7, 11) is 0. The van der Waals surface area contributed by atoms with E-state index in [0.29, 0.717) is 4.90 Å². The maximum Gasteiger partial charge on any atom is 0.408 e. The third-order valence-corrected chi connectivity index (χ3v) is 2.57. The first-order chi connectivity index (χ1) is 6.94. The molecule has 0 spiro atoms. The van der Waals surface area contributed by atoms with Crippen LogP contribution >= 0.6 is 0 Å². The highest BCUT2D eigenvalue weighted by Gasteiger charge is 2.53. The van der Waals surface area contributed by atoms with Crippen molar-refractivity contribution < 1.29 is 24.2 Å². The summed E-state index contributed by atoms with van der Waals surface area (Å²) in [5.74, 6) is -1.33. The molecular weight excluding hydrogens is 205 g/mol. The normalized spacial score (nSPS) is 30.2. The number of carboxylic acid groups (broad SMARTS) is 2. The van der Waals surface area contributed by atoms with E-state index in [9.17, 15) is 14.0 Å². The van der Waals surface area contributed by atoms with Crippen LogP contribution in [-0.2, 0) is 4.79 Å². The van der Waals surface area contributed by atoms with E-state index < -0.39 is 30.3 Å². The molecule has 0 aromatic heterocycles. The second kappa shape index (κ2) is 3.88. The molecule has 15 heavy (non-hydrogen) atoms. The van der Waals surface area contributed by atoms with Gasteiger partial charge in [-0.15, -0.1) is 6.58 Å². The number of halogens is 1. The van der Waals surface area contributed by atoms with Gasteiger partial charge in [-0.05, 0) is 6.42 Å². The van der Waals surface area contributed by atoms with Gasteiger partial charge >= 0.3 is 12.1 Å². The predicted molar refractivity (Wildman–Crippen MR) is 49.4 cm³/mol. The Morgan fingerprint density at radius 3 is 2.60 bits per heavy atom. The van der Waals surface area contributed by atoms with E-state index in [2.05, 4.69) is 6.58 Å². The maximum atomic E-state index is 13.1. The van der Waals surface area contributed by atoms with Gasteiger partial charge in [0.25, 0.3) is 0 Å². The molecule has 1 fully saturated rings. The zero-order valence-electron chi connectivity index (χ0n) is 8.02. The molecule has 1 rings (SSSR count). The van der Waals surface area contributed by atoms with Crippen molar-refractivity contribution in [3.63, 3.8) is 0 Å². The standard InChI is InChI=1S/C9H12FNO4/c1-2-3-9(7(12)13)4-6(10)5-11(9)8(14)15/h2,6H,1,3-5H2,(H,12,13)(H,14,15)/t6-,9+/m1/s1. The van der Waals surface area contributed by atoms with E-state index >= 15 is 0 Å². The molecule has 0 aliphatic carbocycles. The van der Waals surface area contributed by atoms with Gasteiger partial charge in [0.05, 0.1) is 6.54 Å². The largest absolute Gasteiger partial charge is 0.479 e. The first kappa shape index (κ1) is 11.5. The average Bonchev–Trinajstić information content (AvgIpc) is 2.44. The summed E-state index contributed by atoms with van der Waals surface area (Å²) in [4.78, 5) is 22.5. The summed E-state index contributed by atoms with van der Waals surface area (Å²) in [5, 5.41) is 17.8. The predicted octanol–water partition coefficient (Wildman–Crippen LogP) is 1.11. The Kier molecular flexibility index (Phi) is 2.97. The van der Waals surface area contributed by atoms with E-state index in [0.717, 1.165) is 0 Å². The summed E-state index contributed by atoms with van der Waals surface area (Å²) in [6.07, 6.45) is -1.96. The molecule has 5 nitrogen and oxygen atoms in total. The van der Waals surface area contributed by atoms with Gasteiger partial charge in [-0.3, -0.25) is 4.90 Å². The summed E-state index contributed by atoms with van der Waals surface area (Å²) in [6.45, 7) is 2.97. The Hall–Kier alpha value is -1.59. The minimum Gasteiger partial charge on any atom is -0.479 e. The fourth-order valence-corrected chi connectivity index (χ4v) is 1.90. The fraction of sp³-hybridized carbons (Fsp3) is 0.556. The Bertz CT molecular complexity index is 306. The lowest BCUT2D eigenvalue weighted by Crippen LogP contribution is -2.52. The van der Waals surface area contributed by atoms with E-state index in [4.69, 9.17) is 10.2 Å². The molecule has 1 aliphatic heterocycles. The molecule has 6 heteroatoms. The van der Waals surface area contributed by atoms with Crippen LogP contribution in [0.4, 0.5) is 9.18 Å². The maximum absolute atomic E-state index is 13.1. The lowest BCUT2D eigenvalue weighted by molar-refractivity contribution is -0.148. The van der Waals surface area contributed by atoms with Gasteiger partial charge < -0.3 is 10.2 Å². The Labute approximate surface area is 85.8 Å². The number of rotatable bonds is 3. The Balaban J connectivity index is 3.08. The molecule has 0 aromatic rings. The van der Waals surface area contributed by atoms with Gasteiger partial charge in [0.2, 0.25) is 0 Å². The van der Waals surface area contributed by atoms with Crippen LogP contribution in [-0.4, -0.2) is 45.4 Å². The number of carboxylic acids is 1. The quantitative estimate of drug-likeness (QED) is 0.694. The van der Waals surface area contributed by atoms with Crippen molar-refractivity contribution in [3.05, 3.63) is 12.7 Å². The van der Waals surface area contributed by atoms with Gasteiger partial charge in [-0.2, -0.15) is 0 Å². The molecule has 0 saturated carbocycles. The van der Waals surface area contributed by atoms with E-state index in [1.54, 1.807) is 0 Å². The zero-order valence-corrected chi connectivity index (χ0v) is 8.02. The highest BCUT2D eigenvalue weighted by molar-refractivity contribution is 5.85. The third kappa shape index (κ3) is 1.79. The van der Waals surface area contributed by atoms with Gasteiger partial charge in [0.15, 0.2) is 0 Å². The number of carbonyl (C=O) groups is 2. The number of hydrogen-bond acceptors (Lipinski definition) is 2. The number of amides is 1. The highest BCUT2D eigenvalue weighted by atomic mass is 19.1. The monoisotopic (exact) mass is 217 g/mol. The van der Waals surface area contributed by atoms with Crippen molar-refractivity contribution in [3.8, 4) is 0 Å². The Morgan fingerprint density at radius 1 is 1.60 bits per heavy atom. The molecule has 1 saturated heterocycles. The molecule has 0 unspecified atom stereocenters. The summed E-state index contributed by atoms with van der Waals surface area (Å²) in [5.41, 5.74) is -1.69. The molecule has 2 N–H and O–H groups in total. The van der Waals surface area contributed by atoms with Crippen LogP contribution < -0.4 is 0 Å². The highest BCUT2D eigenvalue weighted by Crippen LogP contribution is 2.34. The first-order valence-electron chi connectivity index (χ1n) is 4.43. The minimum absolute atomic E-state index is 0.0882. The van der Waals surface area contributed by atoms with Crippen molar-refractivity contribution in [1.29, 1.82) is 0 Å². The summed E-state index contributed by atoms with van der Waals surface area (Å²) < 4.78 is 13.1. The molecule has 1 aliphatic rings. The van der Waals surface area contributed by atoms with Crippen LogP contribution in [0.25, 0.3) is 0 Å². The zero-order chi connectivity index (χ0) is 11.6. The molecule has 0 bridgehead atoms. The molecule has 0 aromatic carbocycles. The molecule has 84 valence electrons. The topological polar surface area (TPSA) is 77.8 Å². The lowest BCUT2D eigenvalue weighted by atomic mass is 9.92. The average molecular weight is 217 g/mol. The first-order valence-corrected chi connectivity index (χ1v) is 4.43. The van der Waals surface area contributed by atoms with Gasteiger partial charge in [-0.25, -0.2) is 14.0 Å². The molecule has 1 heterocycles. The Morgan fingerprint density at radius 2 is 2.20 bits per heavy atom. The van der Waals surface area contributed by atoms with E-state index in [1.807, 2.05) is 0 Å². The van der Waals surface area contributed by atoms with Crippen LogP contribution in [0.15, 0.2) is 12.7 Å². The van der Waals surface area contributed by atoms with Crippen LogP contribution in [0.3, 0.4) is 0 Å². The van der Waals surface area contributed by atoms with E-state index in [-0.39, 0.29) is 12.8 Å². The number of aliphatic carboxylic acids is 1. The molecular formula is C9H12FNO4.